The molecule has 1 amide bonds. The molecular weight excluding hydrogens is 460 g/mol. The zero-order chi connectivity index (χ0) is 22.0. The van der Waals surface area contributed by atoms with E-state index in [9.17, 15) is 14.7 Å². The van der Waals surface area contributed by atoms with E-state index in [-0.39, 0.29) is 11.3 Å². The number of hydrogen-bond donors (Lipinski definition) is 1. The summed E-state index contributed by atoms with van der Waals surface area (Å²) in [6.45, 7) is 5.93. The molecule has 4 rings (SSSR count). The number of likely N-dealkylation sites (tertiary alicyclic amines) is 1. The fourth-order valence-electron chi connectivity index (χ4n) is 4.07. The van der Waals surface area contributed by atoms with Crippen molar-refractivity contribution in [2.45, 2.75) is 13.0 Å². The van der Waals surface area contributed by atoms with Crippen LogP contribution in [0.15, 0.2) is 58.6 Å². The second kappa shape index (κ2) is 9.34. The molecule has 1 atom stereocenters. The van der Waals surface area contributed by atoms with Crippen molar-refractivity contribution in [3.8, 4) is 0 Å². The Labute approximate surface area is 190 Å². The quantitative estimate of drug-likeness (QED) is 0.399. The van der Waals surface area contributed by atoms with Crippen LogP contribution in [-0.4, -0.2) is 66.0 Å². The van der Waals surface area contributed by atoms with E-state index in [0.717, 1.165) is 28.7 Å². The van der Waals surface area contributed by atoms with Crippen molar-refractivity contribution in [3.63, 3.8) is 0 Å². The highest BCUT2D eigenvalue weighted by Crippen LogP contribution is 2.39. The minimum absolute atomic E-state index is 0.133. The van der Waals surface area contributed by atoms with Crippen LogP contribution < -0.4 is 0 Å². The van der Waals surface area contributed by atoms with Crippen LogP contribution >= 0.6 is 15.9 Å². The smallest absolute Gasteiger partial charge is 0.295 e. The van der Waals surface area contributed by atoms with Gasteiger partial charge in [0.2, 0.25) is 0 Å². The van der Waals surface area contributed by atoms with E-state index in [2.05, 4.69) is 20.8 Å². The van der Waals surface area contributed by atoms with Crippen LogP contribution in [0.5, 0.6) is 0 Å². The fourth-order valence-corrected chi connectivity index (χ4v) is 4.49. The van der Waals surface area contributed by atoms with E-state index in [1.165, 1.54) is 0 Å². The summed E-state index contributed by atoms with van der Waals surface area (Å²) in [6.07, 6.45) is 0. The van der Waals surface area contributed by atoms with Gasteiger partial charge in [0.15, 0.2) is 0 Å². The summed E-state index contributed by atoms with van der Waals surface area (Å²) < 4.78 is 6.24. The average Bonchev–Trinajstić information content (AvgIpc) is 3.03. The maximum Gasteiger partial charge on any atom is 0.295 e. The molecule has 0 saturated carbocycles. The Kier molecular flexibility index (Phi) is 6.55. The molecule has 2 aromatic carbocycles. The van der Waals surface area contributed by atoms with Gasteiger partial charge in [-0.25, -0.2) is 0 Å². The summed E-state index contributed by atoms with van der Waals surface area (Å²) in [5, 5.41) is 11.1. The van der Waals surface area contributed by atoms with Gasteiger partial charge in [0.1, 0.15) is 5.76 Å². The highest BCUT2D eigenvalue weighted by Gasteiger charge is 2.46. The van der Waals surface area contributed by atoms with Crippen LogP contribution in [0.3, 0.4) is 0 Å². The normalized spacial score (nSPS) is 21.6. The summed E-state index contributed by atoms with van der Waals surface area (Å²) in [7, 11) is 0. The van der Waals surface area contributed by atoms with Gasteiger partial charge in [-0.15, -0.1) is 0 Å². The fraction of sp³-hybridized carbons (Fsp3) is 0.333. The van der Waals surface area contributed by atoms with Crippen molar-refractivity contribution in [3.05, 3.63) is 75.3 Å². The molecule has 2 fully saturated rings. The van der Waals surface area contributed by atoms with Crippen LogP contribution in [0.25, 0.3) is 5.76 Å². The third-order valence-electron chi connectivity index (χ3n) is 5.79. The Hall–Kier alpha value is -2.48. The number of halogens is 1. The third kappa shape index (κ3) is 4.59. The Morgan fingerprint density at radius 3 is 2.48 bits per heavy atom. The van der Waals surface area contributed by atoms with Gasteiger partial charge < -0.3 is 14.7 Å². The number of morpholine rings is 1. The molecule has 7 heteroatoms. The number of carbonyl (C=O) groups is 2. The molecule has 2 aliphatic rings. The number of amides is 1. The Balaban J connectivity index is 1.73. The molecule has 0 aromatic heterocycles. The van der Waals surface area contributed by atoms with Gasteiger partial charge in [-0.05, 0) is 24.6 Å². The summed E-state index contributed by atoms with van der Waals surface area (Å²) >= 11 is 3.48. The van der Waals surface area contributed by atoms with Crippen LogP contribution in [0.2, 0.25) is 0 Å². The molecule has 6 nitrogen and oxygen atoms in total. The topological polar surface area (TPSA) is 70.1 Å². The Morgan fingerprint density at radius 1 is 1.10 bits per heavy atom. The highest BCUT2D eigenvalue weighted by atomic mass is 79.9. The highest BCUT2D eigenvalue weighted by molar-refractivity contribution is 9.10. The Bertz CT molecular complexity index is 1010. The first-order chi connectivity index (χ1) is 15.0. The lowest BCUT2D eigenvalue weighted by atomic mass is 9.95. The minimum atomic E-state index is -0.648. The number of aryl methyl sites for hydroxylation is 1. The molecule has 0 bridgehead atoms. The largest absolute Gasteiger partial charge is 0.507 e. The van der Waals surface area contributed by atoms with Gasteiger partial charge in [0.05, 0.1) is 24.8 Å². The first-order valence-corrected chi connectivity index (χ1v) is 11.2. The number of ether oxygens (including phenoxy) is 1. The lowest BCUT2D eigenvalue weighted by molar-refractivity contribution is -0.140. The first-order valence-electron chi connectivity index (χ1n) is 10.4. The van der Waals surface area contributed by atoms with Crippen LogP contribution in [0.4, 0.5) is 0 Å². The molecule has 0 radical (unpaired) electrons. The summed E-state index contributed by atoms with van der Waals surface area (Å²) in [5.74, 6) is -1.37. The standard InChI is InChI=1S/C24H25BrN2O4/c1-16-5-7-17(8-6-16)22(28)20-21(18-3-2-4-19(25)15-18)27(24(30)23(20)29)10-9-26-11-13-31-14-12-26/h2-8,15,21,28H,9-14H2,1H3/b22-20+/t21-/m0/s1. The maximum absolute atomic E-state index is 13.1. The van der Waals surface area contributed by atoms with E-state index in [0.29, 0.717) is 31.9 Å². The molecule has 1 N–H and O–H groups in total. The zero-order valence-electron chi connectivity index (χ0n) is 17.4. The van der Waals surface area contributed by atoms with Gasteiger partial charge in [0, 0.05) is 36.2 Å². The van der Waals surface area contributed by atoms with Gasteiger partial charge >= 0.3 is 0 Å². The SMILES string of the molecule is Cc1ccc(/C(O)=C2\C(=O)C(=O)N(CCN3CCOCC3)[C@H]2c2cccc(Br)c2)cc1. The van der Waals surface area contributed by atoms with Crippen LogP contribution in [0, 0.1) is 6.92 Å². The van der Waals surface area contributed by atoms with Gasteiger partial charge in [0.25, 0.3) is 11.7 Å². The number of aliphatic hydroxyl groups is 1. The number of ketones is 1. The molecule has 162 valence electrons. The summed E-state index contributed by atoms with van der Waals surface area (Å²) in [4.78, 5) is 29.9. The molecule has 0 aliphatic carbocycles. The van der Waals surface area contributed by atoms with Crippen molar-refractivity contribution in [2.24, 2.45) is 0 Å². The molecule has 0 spiro atoms. The van der Waals surface area contributed by atoms with E-state index in [1.54, 1.807) is 17.0 Å². The second-order valence-electron chi connectivity index (χ2n) is 7.87. The monoisotopic (exact) mass is 484 g/mol. The van der Waals surface area contributed by atoms with Crippen LogP contribution in [0.1, 0.15) is 22.7 Å². The summed E-state index contributed by atoms with van der Waals surface area (Å²) in [6, 6.07) is 14.2. The number of hydrogen-bond acceptors (Lipinski definition) is 5. The predicted octanol–water partition coefficient (Wildman–Crippen LogP) is 3.51. The molecule has 0 unspecified atom stereocenters. The molecule has 2 saturated heterocycles. The number of benzene rings is 2. The second-order valence-corrected chi connectivity index (χ2v) is 8.78. The zero-order valence-corrected chi connectivity index (χ0v) is 19.0. The van der Waals surface area contributed by atoms with E-state index < -0.39 is 17.7 Å². The number of rotatable bonds is 5. The number of Topliss-reactive ketones (excluding diaryl/α,β-unsaturated/α-hetero) is 1. The number of carbonyl (C=O) groups excluding carboxylic acids is 2. The predicted molar refractivity (Wildman–Crippen MR) is 122 cm³/mol. The Morgan fingerprint density at radius 2 is 1.81 bits per heavy atom. The third-order valence-corrected chi connectivity index (χ3v) is 6.28. The number of aliphatic hydroxyl groups excluding tert-OH is 1. The first kappa shape index (κ1) is 21.7. The van der Waals surface area contributed by atoms with E-state index >= 15 is 0 Å². The molecule has 2 aliphatic heterocycles. The summed E-state index contributed by atoms with van der Waals surface area (Å²) in [5.41, 5.74) is 2.49. The van der Waals surface area contributed by atoms with Crippen LogP contribution in [-0.2, 0) is 14.3 Å². The van der Waals surface area contributed by atoms with Crippen molar-refractivity contribution in [1.29, 1.82) is 0 Å². The van der Waals surface area contributed by atoms with Crippen molar-refractivity contribution >= 4 is 33.4 Å². The van der Waals surface area contributed by atoms with Crippen molar-refractivity contribution < 1.29 is 19.4 Å². The minimum Gasteiger partial charge on any atom is -0.507 e. The lowest BCUT2D eigenvalue weighted by Gasteiger charge is -2.31. The van der Waals surface area contributed by atoms with Crippen molar-refractivity contribution in [2.75, 3.05) is 39.4 Å². The molecule has 31 heavy (non-hydrogen) atoms. The molecular formula is C24H25BrN2O4. The maximum atomic E-state index is 13.1. The molecule has 2 aromatic rings. The lowest BCUT2D eigenvalue weighted by Crippen LogP contribution is -2.42. The van der Waals surface area contributed by atoms with Gasteiger partial charge in [-0.3, -0.25) is 14.5 Å². The average molecular weight is 485 g/mol. The van der Waals surface area contributed by atoms with Gasteiger partial charge in [-0.2, -0.15) is 0 Å². The van der Waals surface area contributed by atoms with Crippen molar-refractivity contribution in [1.82, 2.24) is 9.80 Å². The van der Waals surface area contributed by atoms with E-state index in [4.69, 9.17) is 4.74 Å². The van der Waals surface area contributed by atoms with E-state index in [1.807, 2.05) is 43.3 Å². The molecule has 2 heterocycles. The van der Waals surface area contributed by atoms with Gasteiger partial charge in [-0.1, -0.05) is 57.9 Å². The number of nitrogens with zero attached hydrogens (tertiary/aromatic N) is 2.